The van der Waals surface area contributed by atoms with Crippen molar-refractivity contribution in [1.29, 1.82) is 0 Å². The second-order valence-corrected chi connectivity index (χ2v) is 4.45. The molecule has 2 rings (SSSR count). The van der Waals surface area contributed by atoms with Crippen LogP contribution in [-0.4, -0.2) is 23.3 Å². The Morgan fingerprint density at radius 3 is 2.79 bits per heavy atom. The maximum atomic E-state index is 5.11. The Labute approximate surface area is 114 Å². The molecule has 1 N–H and O–H groups in total. The molecule has 0 aliphatic carbocycles. The van der Waals surface area contributed by atoms with Gasteiger partial charge in [-0.2, -0.15) is 0 Å². The molecule has 1 aromatic carbocycles. The fourth-order valence-corrected chi connectivity index (χ4v) is 2.08. The molecule has 0 aliphatic rings. The lowest BCUT2D eigenvalue weighted by molar-refractivity contribution is 0.187. The van der Waals surface area contributed by atoms with Gasteiger partial charge in [-0.1, -0.05) is 37.3 Å². The first-order chi connectivity index (χ1) is 9.35. The molecule has 19 heavy (non-hydrogen) atoms. The predicted octanol–water partition coefficient (Wildman–Crippen LogP) is 3.09. The van der Waals surface area contributed by atoms with Crippen LogP contribution in [-0.2, 0) is 11.3 Å². The summed E-state index contributed by atoms with van der Waals surface area (Å²) in [7, 11) is 1.71. The van der Waals surface area contributed by atoms with Crippen molar-refractivity contribution >= 4 is 5.95 Å². The molecule has 0 aliphatic heterocycles. The molecule has 4 nitrogen and oxygen atoms in total. The number of ether oxygens (including phenoxy) is 1. The van der Waals surface area contributed by atoms with E-state index in [1.165, 1.54) is 5.56 Å². The van der Waals surface area contributed by atoms with Gasteiger partial charge in [0.2, 0.25) is 5.95 Å². The van der Waals surface area contributed by atoms with Crippen molar-refractivity contribution in [3.63, 3.8) is 0 Å². The highest BCUT2D eigenvalue weighted by molar-refractivity contribution is 5.33. The molecule has 0 bridgehead atoms. The number of nitrogens with one attached hydrogen (secondary N) is 1. The average molecular weight is 259 g/mol. The first-order valence-electron chi connectivity index (χ1n) is 6.66. The monoisotopic (exact) mass is 259 g/mol. The van der Waals surface area contributed by atoms with Crippen LogP contribution >= 0.6 is 0 Å². The van der Waals surface area contributed by atoms with Crippen molar-refractivity contribution in [1.82, 2.24) is 9.55 Å². The SMILES string of the molecule is CCC(Nc1nccn1CCOC)c1ccccc1. The lowest BCUT2D eigenvalue weighted by atomic mass is 10.1. The minimum absolute atomic E-state index is 0.282. The third-order valence-electron chi connectivity index (χ3n) is 3.17. The van der Waals surface area contributed by atoms with Crippen LogP contribution in [0.3, 0.4) is 0 Å². The van der Waals surface area contributed by atoms with Crippen molar-refractivity contribution in [3.05, 3.63) is 48.3 Å². The van der Waals surface area contributed by atoms with Gasteiger partial charge in [0, 0.05) is 26.0 Å². The predicted molar refractivity (Wildman–Crippen MR) is 77.2 cm³/mol. The molecule has 4 heteroatoms. The van der Waals surface area contributed by atoms with E-state index >= 15 is 0 Å². The largest absolute Gasteiger partial charge is 0.383 e. The van der Waals surface area contributed by atoms with Gasteiger partial charge in [0.25, 0.3) is 0 Å². The summed E-state index contributed by atoms with van der Waals surface area (Å²) in [6.07, 6.45) is 4.80. The second kappa shape index (κ2) is 6.95. The van der Waals surface area contributed by atoms with Crippen molar-refractivity contribution in [2.75, 3.05) is 19.0 Å². The molecular weight excluding hydrogens is 238 g/mol. The van der Waals surface area contributed by atoms with Crippen LogP contribution in [0, 0.1) is 0 Å². The van der Waals surface area contributed by atoms with E-state index in [2.05, 4.69) is 46.1 Å². The summed E-state index contributed by atoms with van der Waals surface area (Å²) >= 11 is 0. The van der Waals surface area contributed by atoms with Crippen molar-refractivity contribution in [3.8, 4) is 0 Å². The third kappa shape index (κ3) is 3.58. The fourth-order valence-electron chi connectivity index (χ4n) is 2.08. The summed E-state index contributed by atoms with van der Waals surface area (Å²) < 4.78 is 7.19. The normalized spacial score (nSPS) is 12.3. The molecule has 0 saturated carbocycles. The number of rotatable bonds is 7. The molecule has 1 heterocycles. The molecule has 0 spiro atoms. The summed E-state index contributed by atoms with van der Waals surface area (Å²) in [6.45, 7) is 3.67. The molecular formula is C15H21N3O. The highest BCUT2D eigenvalue weighted by Gasteiger charge is 2.11. The number of hydrogen-bond donors (Lipinski definition) is 1. The summed E-state index contributed by atoms with van der Waals surface area (Å²) in [5.74, 6) is 0.896. The summed E-state index contributed by atoms with van der Waals surface area (Å²) in [5, 5.41) is 3.50. The standard InChI is InChI=1S/C15H21N3O/c1-3-14(13-7-5-4-6-8-13)17-15-16-9-10-18(15)11-12-19-2/h4-10,14H,3,11-12H2,1-2H3,(H,16,17). The second-order valence-electron chi connectivity index (χ2n) is 4.45. The molecule has 102 valence electrons. The smallest absolute Gasteiger partial charge is 0.203 e. The number of anilines is 1. The quantitative estimate of drug-likeness (QED) is 0.830. The van der Waals surface area contributed by atoms with E-state index in [1.807, 2.05) is 18.5 Å². The van der Waals surface area contributed by atoms with Crippen LogP contribution in [0.2, 0.25) is 0 Å². The molecule has 1 aromatic heterocycles. The van der Waals surface area contributed by atoms with Gasteiger partial charge < -0.3 is 14.6 Å². The van der Waals surface area contributed by atoms with Crippen LogP contribution in [0.1, 0.15) is 24.9 Å². The van der Waals surface area contributed by atoms with E-state index in [1.54, 1.807) is 7.11 Å². The Kier molecular flexibility index (Phi) is 4.98. The minimum Gasteiger partial charge on any atom is -0.383 e. The van der Waals surface area contributed by atoms with Gasteiger partial charge in [0.05, 0.1) is 12.6 Å². The highest BCUT2D eigenvalue weighted by Crippen LogP contribution is 2.21. The molecule has 1 unspecified atom stereocenters. The highest BCUT2D eigenvalue weighted by atomic mass is 16.5. The minimum atomic E-state index is 0.282. The van der Waals surface area contributed by atoms with Gasteiger partial charge in [0.1, 0.15) is 0 Å². The number of hydrogen-bond acceptors (Lipinski definition) is 3. The Hall–Kier alpha value is -1.81. The van der Waals surface area contributed by atoms with Crippen LogP contribution in [0.4, 0.5) is 5.95 Å². The van der Waals surface area contributed by atoms with E-state index in [4.69, 9.17) is 4.74 Å². The maximum Gasteiger partial charge on any atom is 0.203 e. The zero-order valence-electron chi connectivity index (χ0n) is 11.5. The van der Waals surface area contributed by atoms with Crippen molar-refractivity contribution in [2.24, 2.45) is 0 Å². The van der Waals surface area contributed by atoms with Gasteiger partial charge >= 0.3 is 0 Å². The Bertz CT molecular complexity index is 481. The van der Waals surface area contributed by atoms with Crippen LogP contribution < -0.4 is 5.32 Å². The van der Waals surface area contributed by atoms with Gasteiger partial charge in [-0.3, -0.25) is 0 Å². The molecule has 0 saturated heterocycles. The Morgan fingerprint density at radius 2 is 2.11 bits per heavy atom. The lowest BCUT2D eigenvalue weighted by Gasteiger charge is -2.19. The number of benzene rings is 1. The summed E-state index contributed by atoms with van der Waals surface area (Å²) in [5.41, 5.74) is 1.28. The summed E-state index contributed by atoms with van der Waals surface area (Å²) in [6, 6.07) is 10.7. The van der Waals surface area contributed by atoms with Gasteiger partial charge in [-0.15, -0.1) is 0 Å². The summed E-state index contributed by atoms with van der Waals surface area (Å²) in [4.78, 5) is 4.38. The first-order valence-corrected chi connectivity index (χ1v) is 6.66. The van der Waals surface area contributed by atoms with Crippen LogP contribution in [0.15, 0.2) is 42.7 Å². The number of methoxy groups -OCH3 is 1. The number of imidazole rings is 1. The van der Waals surface area contributed by atoms with E-state index in [0.29, 0.717) is 6.61 Å². The van der Waals surface area contributed by atoms with E-state index in [0.717, 1.165) is 18.9 Å². The molecule has 1 atom stereocenters. The van der Waals surface area contributed by atoms with Crippen LogP contribution in [0.5, 0.6) is 0 Å². The zero-order chi connectivity index (χ0) is 13.5. The zero-order valence-corrected chi connectivity index (χ0v) is 11.5. The average Bonchev–Trinajstić information content (AvgIpc) is 2.90. The Balaban J connectivity index is 2.08. The number of aromatic nitrogens is 2. The van der Waals surface area contributed by atoms with E-state index in [-0.39, 0.29) is 6.04 Å². The van der Waals surface area contributed by atoms with E-state index in [9.17, 15) is 0 Å². The molecule has 0 radical (unpaired) electrons. The molecule has 2 aromatic rings. The Morgan fingerprint density at radius 1 is 1.32 bits per heavy atom. The van der Waals surface area contributed by atoms with Gasteiger partial charge in [-0.05, 0) is 12.0 Å². The topological polar surface area (TPSA) is 39.1 Å². The van der Waals surface area contributed by atoms with Gasteiger partial charge in [0.15, 0.2) is 0 Å². The van der Waals surface area contributed by atoms with E-state index < -0.39 is 0 Å². The third-order valence-corrected chi connectivity index (χ3v) is 3.17. The van der Waals surface area contributed by atoms with Crippen LogP contribution in [0.25, 0.3) is 0 Å². The van der Waals surface area contributed by atoms with Crippen molar-refractivity contribution < 1.29 is 4.74 Å². The fraction of sp³-hybridized carbons (Fsp3) is 0.400. The maximum absolute atomic E-state index is 5.11. The van der Waals surface area contributed by atoms with Crippen molar-refractivity contribution in [2.45, 2.75) is 25.9 Å². The van der Waals surface area contributed by atoms with Gasteiger partial charge in [-0.25, -0.2) is 4.98 Å². The number of nitrogens with zero attached hydrogens (tertiary/aromatic N) is 2. The lowest BCUT2D eigenvalue weighted by Crippen LogP contribution is -2.15. The molecule has 0 amide bonds. The first kappa shape index (κ1) is 13.6. The molecule has 0 fully saturated rings.